The number of hydrogen-bond donors (Lipinski definition) is 1. The number of benzene rings is 1. The minimum Gasteiger partial charge on any atom is -0.398 e. The van der Waals surface area contributed by atoms with E-state index >= 15 is 0 Å². The summed E-state index contributed by atoms with van der Waals surface area (Å²) in [7, 11) is 1.71. The second-order valence-corrected chi connectivity index (χ2v) is 5.01. The SMILES string of the molecule is CN(CC1CCC1)C(=O)c1cc([N+](=O)[O-])ccc1N. The number of amides is 1. The van der Waals surface area contributed by atoms with E-state index in [4.69, 9.17) is 5.73 Å². The van der Waals surface area contributed by atoms with Gasteiger partial charge in [0.05, 0.1) is 10.5 Å². The van der Waals surface area contributed by atoms with Crippen LogP contribution < -0.4 is 5.73 Å². The Morgan fingerprint density at radius 3 is 2.74 bits per heavy atom. The van der Waals surface area contributed by atoms with Crippen LogP contribution in [0.4, 0.5) is 11.4 Å². The van der Waals surface area contributed by atoms with Gasteiger partial charge in [-0.3, -0.25) is 14.9 Å². The zero-order chi connectivity index (χ0) is 14.0. The topological polar surface area (TPSA) is 89.5 Å². The van der Waals surface area contributed by atoms with Crippen LogP contribution in [0.1, 0.15) is 29.6 Å². The number of nitro groups is 1. The summed E-state index contributed by atoms with van der Waals surface area (Å²) in [5.41, 5.74) is 6.10. The van der Waals surface area contributed by atoms with Crippen molar-refractivity contribution in [3.05, 3.63) is 33.9 Å². The number of hydrogen-bond acceptors (Lipinski definition) is 4. The molecular formula is C13H17N3O3. The van der Waals surface area contributed by atoms with Crippen molar-refractivity contribution in [3.63, 3.8) is 0 Å². The van der Waals surface area contributed by atoms with E-state index in [1.165, 1.54) is 24.6 Å². The lowest BCUT2D eigenvalue weighted by Gasteiger charge is -2.30. The Labute approximate surface area is 111 Å². The van der Waals surface area contributed by atoms with E-state index in [1.807, 2.05) is 0 Å². The molecule has 0 atom stereocenters. The molecule has 0 unspecified atom stereocenters. The van der Waals surface area contributed by atoms with Gasteiger partial charge in [0, 0.05) is 31.4 Å². The van der Waals surface area contributed by atoms with Gasteiger partial charge in [-0.1, -0.05) is 6.42 Å². The third-order valence-corrected chi connectivity index (χ3v) is 3.58. The molecule has 0 bridgehead atoms. The van der Waals surface area contributed by atoms with Crippen LogP contribution in [0.25, 0.3) is 0 Å². The van der Waals surface area contributed by atoms with E-state index in [0.29, 0.717) is 12.5 Å². The summed E-state index contributed by atoms with van der Waals surface area (Å²) in [6.07, 6.45) is 3.50. The number of nitro benzene ring substituents is 1. The minimum atomic E-state index is -0.526. The first-order chi connectivity index (χ1) is 8.99. The van der Waals surface area contributed by atoms with Crippen molar-refractivity contribution in [3.8, 4) is 0 Å². The number of anilines is 1. The molecule has 2 N–H and O–H groups in total. The fourth-order valence-electron chi connectivity index (χ4n) is 2.19. The number of rotatable bonds is 4. The van der Waals surface area contributed by atoms with Gasteiger partial charge in [-0.05, 0) is 24.8 Å². The van der Waals surface area contributed by atoms with Crippen molar-refractivity contribution < 1.29 is 9.72 Å². The Bertz CT molecular complexity index is 512. The Kier molecular flexibility index (Phi) is 3.69. The molecule has 6 heteroatoms. The predicted molar refractivity (Wildman–Crippen MR) is 71.8 cm³/mol. The van der Waals surface area contributed by atoms with Gasteiger partial charge in [-0.2, -0.15) is 0 Å². The van der Waals surface area contributed by atoms with Crippen LogP contribution >= 0.6 is 0 Å². The predicted octanol–water partition coefficient (Wildman–Crippen LogP) is 2.05. The Hall–Kier alpha value is -2.11. The first-order valence-electron chi connectivity index (χ1n) is 6.28. The number of carbonyl (C=O) groups is 1. The van der Waals surface area contributed by atoms with Gasteiger partial charge in [-0.15, -0.1) is 0 Å². The van der Waals surface area contributed by atoms with Crippen molar-refractivity contribution in [2.45, 2.75) is 19.3 Å². The van der Waals surface area contributed by atoms with Gasteiger partial charge < -0.3 is 10.6 Å². The number of nitrogens with zero attached hydrogens (tertiary/aromatic N) is 2. The Morgan fingerprint density at radius 2 is 2.21 bits per heavy atom. The minimum absolute atomic E-state index is 0.116. The molecule has 6 nitrogen and oxygen atoms in total. The van der Waals surface area contributed by atoms with E-state index in [2.05, 4.69) is 0 Å². The molecule has 0 spiro atoms. The quantitative estimate of drug-likeness (QED) is 0.511. The van der Waals surface area contributed by atoms with Gasteiger partial charge >= 0.3 is 0 Å². The fraction of sp³-hybridized carbons (Fsp3) is 0.462. The van der Waals surface area contributed by atoms with Crippen LogP contribution in [0, 0.1) is 16.0 Å². The van der Waals surface area contributed by atoms with Crippen LogP contribution in [0.2, 0.25) is 0 Å². The number of carbonyl (C=O) groups excluding carboxylic acids is 1. The van der Waals surface area contributed by atoms with Crippen LogP contribution in [0.15, 0.2) is 18.2 Å². The van der Waals surface area contributed by atoms with Gasteiger partial charge in [0.25, 0.3) is 11.6 Å². The summed E-state index contributed by atoms with van der Waals surface area (Å²) in [4.78, 5) is 24.0. The lowest BCUT2D eigenvalue weighted by atomic mass is 9.85. The Morgan fingerprint density at radius 1 is 1.53 bits per heavy atom. The largest absolute Gasteiger partial charge is 0.398 e. The van der Waals surface area contributed by atoms with Crippen molar-refractivity contribution in [2.24, 2.45) is 5.92 Å². The normalized spacial score (nSPS) is 14.8. The molecule has 0 saturated heterocycles. The van der Waals surface area contributed by atoms with E-state index in [1.54, 1.807) is 11.9 Å². The number of non-ortho nitro benzene ring substituents is 1. The molecule has 102 valence electrons. The zero-order valence-electron chi connectivity index (χ0n) is 10.8. The van der Waals surface area contributed by atoms with E-state index in [9.17, 15) is 14.9 Å². The molecule has 0 radical (unpaired) electrons. The molecule has 1 aliphatic rings. The summed E-state index contributed by atoms with van der Waals surface area (Å²) in [6.45, 7) is 0.682. The highest BCUT2D eigenvalue weighted by Gasteiger charge is 2.24. The monoisotopic (exact) mass is 263 g/mol. The maximum atomic E-state index is 12.2. The summed E-state index contributed by atoms with van der Waals surface area (Å²) < 4.78 is 0. The van der Waals surface area contributed by atoms with E-state index in [-0.39, 0.29) is 22.8 Å². The highest BCUT2D eigenvalue weighted by Crippen LogP contribution is 2.28. The molecule has 1 fully saturated rings. The average Bonchev–Trinajstić information content (AvgIpc) is 2.33. The highest BCUT2D eigenvalue weighted by molar-refractivity contribution is 5.99. The average molecular weight is 263 g/mol. The standard InChI is InChI=1S/C13H17N3O3/c1-15(8-9-3-2-4-9)13(17)11-7-10(16(18)19)5-6-12(11)14/h5-7,9H,2-4,8,14H2,1H3. The second kappa shape index (κ2) is 5.26. The first-order valence-corrected chi connectivity index (χ1v) is 6.28. The molecular weight excluding hydrogens is 246 g/mol. The maximum Gasteiger partial charge on any atom is 0.270 e. The summed E-state index contributed by atoms with van der Waals surface area (Å²) in [6, 6.07) is 3.95. The Balaban J connectivity index is 2.16. The van der Waals surface area contributed by atoms with Crippen LogP contribution in [-0.2, 0) is 0 Å². The van der Waals surface area contributed by atoms with Crippen LogP contribution in [-0.4, -0.2) is 29.3 Å². The molecule has 2 rings (SSSR count). The van der Waals surface area contributed by atoms with Crippen LogP contribution in [0.3, 0.4) is 0 Å². The third-order valence-electron chi connectivity index (χ3n) is 3.58. The number of nitrogens with two attached hydrogens (primary N) is 1. The van der Waals surface area contributed by atoms with Crippen molar-refractivity contribution in [2.75, 3.05) is 19.3 Å². The van der Waals surface area contributed by atoms with Crippen molar-refractivity contribution >= 4 is 17.3 Å². The summed E-state index contributed by atoms with van der Waals surface area (Å²) in [5, 5.41) is 10.7. The highest BCUT2D eigenvalue weighted by atomic mass is 16.6. The molecule has 1 aliphatic carbocycles. The van der Waals surface area contributed by atoms with Crippen molar-refractivity contribution in [1.82, 2.24) is 4.90 Å². The summed E-state index contributed by atoms with van der Waals surface area (Å²) in [5.74, 6) is 0.293. The lowest BCUT2D eigenvalue weighted by Crippen LogP contribution is -2.34. The van der Waals surface area contributed by atoms with Gasteiger partial charge in [-0.25, -0.2) is 0 Å². The molecule has 1 saturated carbocycles. The molecule has 1 amide bonds. The molecule has 19 heavy (non-hydrogen) atoms. The van der Waals surface area contributed by atoms with Gasteiger partial charge in [0.2, 0.25) is 0 Å². The van der Waals surface area contributed by atoms with Gasteiger partial charge in [0.15, 0.2) is 0 Å². The lowest BCUT2D eigenvalue weighted by molar-refractivity contribution is -0.384. The summed E-state index contributed by atoms with van der Waals surface area (Å²) >= 11 is 0. The van der Waals surface area contributed by atoms with Crippen molar-refractivity contribution in [1.29, 1.82) is 0 Å². The zero-order valence-corrected chi connectivity index (χ0v) is 10.8. The molecule has 0 aliphatic heterocycles. The molecule has 0 aromatic heterocycles. The smallest absolute Gasteiger partial charge is 0.270 e. The second-order valence-electron chi connectivity index (χ2n) is 5.01. The maximum absolute atomic E-state index is 12.2. The first kappa shape index (κ1) is 13.3. The fourth-order valence-corrected chi connectivity index (χ4v) is 2.19. The van der Waals surface area contributed by atoms with Crippen LogP contribution in [0.5, 0.6) is 0 Å². The number of nitrogen functional groups attached to an aromatic ring is 1. The van der Waals surface area contributed by atoms with E-state index in [0.717, 1.165) is 12.8 Å². The third kappa shape index (κ3) is 2.83. The molecule has 0 heterocycles. The van der Waals surface area contributed by atoms with Gasteiger partial charge in [0.1, 0.15) is 0 Å². The molecule has 1 aromatic rings. The van der Waals surface area contributed by atoms with E-state index < -0.39 is 4.92 Å². The molecule has 1 aromatic carbocycles.